The van der Waals surface area contributed by atoms with Crippen molar-refractivity contribution in [3.8, 4) is 5.75 Å². The number of hydrogen-bond acceptors (Lipinski definition) is 3. The largest absolute Gasteiger partial charge is 0.508 e. The number of anilines is 1. The van der Waals surface area contributed by atoms with Gasteiger partial charge in [-0.05, 0) is 30.5 Å². The Kier molecular flexibility index (Phi) is 4.41. The molecule has 1 saturated heterocycles. The molecule has 0 radical (unpaired) electrons. The van der Waals surface area contributed by atoms with E-state index in [4.69, 9.17) is 0 Å². The van der Waals surface area contributed by atoms with Crippen LogP contribution in [0.5, 0.6) is 5.75 Å². The molecule has 0 saturated carbocycles. The van der Waals surface area contributed by atoms with Crippen LogP contribution in [0.4, 0.5) is 5.69 Å². The van der Waals surface area contributed by atoms with Gasteiger partial charge in [0.2, 0.25) is 0 Å². The lowest BCUT2D eigenvalue weighted by molar-refractivity contribution is 0.340. The number of rotatable bonds is 5. The molecule has 3 heteroatoms. The molecule has 1 aliphatic heterocycles. The first-order valence-electron chi connectivity index (χ1n) is 7.61. The maximum atomic E-state index is 9.50. The van der Waals surface area contributed by atoms with Crippen molar-refractivity contribution in [1.29, 1.82) is 0 Å². The van der Waals surface area contributed by atoms with Gasteiger partial charge < -0.3 is 15.3 Å². The molecule has 3 rings (SSSR count). The fourth-order valence-electron chi connectivity index (χ4n) is 2.92. The van der Waals surface area contributed by atoms with Crippen molar-refractivity contribution in [2.75, 3.05) is 25.0 Å². The Hall–Kier alpha value is -2.00. The minimum absolute atomic E-state index is 0.318. The molecule has 1 aliphatic rings. The van der Waals surface area contributed by atoms with Gasteiger partial charge in [-0.3, -0.25) is 0 Å². The van der Waals surface area contributed by atoms with E-state index in [9.17, 15) is 5.11 Å². The van der Waals surface area contributed by atoms with E-state index in [1.807, 2.05) is 12.1 Å². The highest BCUT2D eigenvalue weighted by Gasteiger charge is 2.21. The lowest BCUT2D eigenvalue weighted by Crippen LogP contribution is -2.27. The quantitative estimate of drug-likeness (QED) is 0.884. The molecular weight excluding hydrogens is 260 g/mol. The van der Waals surface area contributed by atoms with Gasteiger partial charge in [0.25, 0.3) is 0 Å². The highest BCUT2D eigenvalue weighted by Crippen LogP contribution is 2.19. The SMILES string of the molecule is Oc1cccc(NC2CCN(CCc3ccccc3)C2)c1. The third-order valence-electron chi connectivity index (χ3n) is 4.05. The summed E-state index contributed by atoms with van der Waals surface area (Å²) in [5.74, 6) is 0.318. The van der Waals surface area contributed by atoms with E-state index in [0.717, 1.165) is 38.2 Å². The summed E-state index contributed by atoms with van der Waals surface area (Å²) in [4.78, 5) is 2.51. The minimum atomic E-state index is 0.318. The molecule has 1 unspecified atom stereocenters. The van der Waals surface area contributed by atoms with Gasteiger partial charge in [0.1, 0.15) is 5.75 Å². The van der Waals surface area contributed by atoms with Crippen LogP contribution >= 0.6 is 0 Å². The molecule has 0 amide bonds. The van der Waals surface area contributed by atoms with E-state index in [0.29, 0.717) is 11.8 Å². The number of aromatic hydroxyl groups is 1. The van der Waals surface area contributed by atoms with Gasteiger partial charge in [-0.15, -0.1) is 0 Å². The zero-order valence-electron chi connectivity index (χ0n) is 12.2. The third-order valence-corrected chi connectivity index (χ3v) is 4.05. The Morgan fingerprint density at radius 1 is 1.10 bits per heavy atom. The Labute approximate surface area is 126 Å². The first-order chi connectivity index (χ1) is 10.3. The van der Waals surface area contributed by atoms with Crippen LogP contribution in [-0.2, 0) is 6.42 Å². The standard InChI is InChI=1S/C18H22N2O/c21-18-8-4-7-16(13-18)19-17-10-12-20(14-17)11-9-15-5-2-1-3-6-15/h1-8,13,17,19,21H,9-12,14H2. The summed E-state index contributed by atoms with van der Waals surface area (Å²) in [7, 11) is 0. The fourth-order valence-corrected chi connectivity index (χ4v) is 2.92. The lowest BCUT2D eigenvalue weighted by Gasteiger charge is -2.17. The van der Waals surface area contributed by atoms with Crippen molar-refractivity contribution in [2.45, 2.75) is 18.9 Å². The van der Waals surface area contributed by atoms with Gasteiger partial charge in [0.05, 0.1) is 0 Å². The number of hydrogen-bond donors (Lipinski definition) is 2. The molecule has 110 valence electrons. The summed E-state index contributed by atoms with van der Waals surface area (Å²) in [6, 6.07) is 18.5. The van der Waals surface area contributed by atoms with Gasteiger partial charge in [-0.25, -0.2) is 0 Å². The second-order valence-electron chi connectivity index (χ2n) is 5.72. The number of phenols is 1. The zero-order valence-corrected chi connectivity index (χ0v) is 12.2. The Balaban J connectivity index is 1.47. The van der Waals surface area contributed by atoms with Crippen LogP contribution in [0.2, 0.25) is 0 Å². The molecule has 1 atom stereocenters. The van der Waals surface area contributed by atoms with Crippen molar-refractivity contribution in [3.63, 3.8) is 0 Å². The van der Waals surface area contributed by atoms with Crippen LogP contribution in [-0.4, -0.2) is 35.7 Å². The van der Waals surface area contributed by atoms with Gasteiger partial charge in [0, 0.05) is 37.4 Å². The van der Waals surface area contributed by atoms with Crippen LogP contribution in [0.1, 0.15) is 12.0 Å². The number of nitrogens with one attached hydrogen (secondary N) is 1. The summed E-state index contributed by atoms with van der Waals surface area (Å²) in [5, 5.41) is 13.0. The summed E-state index contributed by atoms with van der Waals surface area (Å²) in [6.45, 7) is 3.33. The third kappa shape index (κ3) is 3.99. The average Bonchev–Trinajstić information content (AvgIpc) is 2.94. The molecule has 1 heterocycles. The monoisotopic (exact) mass is 282 g/mol. The van der Waals surface area contributed by atoms with Crippen molar-refractivity contribution in [1.82, 2.24) is 4.90 Å². The fraction of sp³-hybridized carbons (Fsp3) is 0.333. The minimum Gasteiger partial charge on any atom is -0.508 e. The molecule has 0 spiro atoms. The molecule has 0 aliphatic carbocycles. The van der Waals surface area contributed by atoms with Crippen molar-refractivity contribution in [3.05, 3.63) is 60.2 Å². The summed E-state index contributed by atoms with van der Waals surface area (Å²) in [5.41, 5.74) is 2.41. The molecule has 3 nitrogen and oxygen atoms in total. The second kappa shape index (κ2) is 6.64. The predicted octanol–water partition coefficient (Wildman–Crippen LogP) is 3.12. The van der Waals surface area contributed by atoms with E-state index in [2.05, 4.69) is 40.5 Å². The van der Waals surface area contributed by atoms with Gasteiger partial charge in [-0.1, -0.05) is 36.4 Å². The molecule has 2 aromatic rings. The predicted molar refractivity (Wildman–Crippen MR) is 86.7 cm³/mol. The molecule has 1 fully saturated rings. The van der Waals surface area contributed by atoms with Gasteiger partial charge >= 0.3 is 0 Å². The smallest absolute Gasteiger partial charge is 0.117 e. The van der Waals surface area contributed by atoms with Crippen LogP contribution in [0, 0.1) is 0 Å². The topological polar surface area (TPSA) is 35.5 Å². The van der Waals surface area contributed by atoms with Gasteiger partial charge in [0.15, 0.2) is 0 Å². The van der Waals surface area contributed by atoms with Crippen molar-refractivity contribution < 1.29 is 5.11 Å². The van der Waals surface area contributed by atoms with Crippen LogP contribution in [0.15, 0.2) is 54.6 Å². The number of likely N-dealkylation sites (tertiary alicyclic amines) is 1. The number of benzene rings is 2. The first kappa shape index (κ1) is 14.0. The molecule has 0 aromatic heterocycles. The van der Waals surface area contributed by atoms with Crippen LogP contribution in [0.25, 0.3) is 0 Å². The second-order valence-corrected chi connectivity index (χ2v) is 5.72. The first-order valence-corrected chi connectivity index (χ1v) is 7.61. The van der Waals surface area contributed by atoms with Crippen LogP contribution < -0.4 is 5.32 Å². The Morgan fingerprint density at radius 2 is 1.95 bits per heavy atom. The van der Waals surface area contributed by atoms with Crippen molar-refractivity contribution >= 4 is 5.69 Å². The van der Waals surface area contributed by atoms with E-state index in [1.165, 1.54) is 5.56 Å². The molecule has 2 N–H and O–H groups in total. The van der Waals surface area contributed by atoms with E-state index >= 15 is 0 Å². The number of phenolic OH excluding ortho intramolecular Hbond substituents is 1. The Morgan fingerprint density at radius 3 is 2.76 bits per heavy atom. The summed E-state index contributed by atoms with van der Waals surface area (Å²) < 4.78 is 0. The average molecular weight is 282 g/mol. The van der Waals surface area contributed by atoms with E-state index in [1.54, 1.807) is 12.1 Å². The Bertz CT molecular complexity index is 570. The normalized spacial score (nSPS) is 18.8. The van der Waals surface area contributed by atoms with E-state index < -0.39 is 0 Å². The summed E-state index contributed by atoms with van der Waals surface area (Å²) in [6.07, 6.45) is 2.27. The van der Waals surface area contributed by atoms with E-state index in [-0.39, 0.29) is 0 Å². The molecule has 0 bridgehead atoms. The molecule has 2 aromatic carbocycles. The zero-order chi connectivity index (χ0) is 14.5. The highest BCUT2D eigenvalue weighted by atomic mass is 16.3. The maximum absolute atomic E-state index is 9.50. The van der Waals surface area contributed by atoms with Gasteiger partial charge in [-0.2, -0.15) is 0 Å². The maximum Gasteiger partial charge on any atom is 0.117 e. The summed E-state index contributed by atoms with van der Waals surface area (Å²) >= 11 is 0. The molecular formula is C18H22N2O. The molecule has 21 heavy (non-hydrogen) atoms. The lowest BCUT2D eigenvalue weighted by atomic mass is 10.1. The van der Waals surface area contributed by atoms with Crippen molar-refractivity contribution in [2.24, 2.45) is 0 Å². The number of nitrogens with zero attached hydrogens (tertiary/aromatic N) is 1. The highest BCUT2D eigenvalue weighted by molar-refractivity contribution is 5.48. The van der Waals surface area contributed by atoms with Crippen LogP contribution in [0.3, 0.4) is 0 Å².